The van der Waals surface area contributed by atoms with Gasteiger partial charge in [0.05, 0.1) is 0 Å². The Balaban J connectivity index is 0. The van der Waals surface area contributed by atoms with Gasteiger partial charge in [0.25, 0.3) is 0 Å². The summed E-state index contributed by atoms with van der Waals surface area (Å²) in [4.78, 5) is 14.2. The maximum absolute atomic E-state index is 8.70. The minimum atomic E-state index is -2.87. The van der Waals surface area contributed by atoms with Gasteiger partial charge in [0.2, 0.25) is 0 Å². The van der Waals surface area contributed by atoms with Crippen molar-refractivity contribution >= 4 is 8.25 Å². The first kappa shape index (κ1) is 19.4. The first-order chi connectivity index (χ1) is 8.15. The Hall–Kier alpha value is 0.0200. The van der Waals surface area contributed by atoms with E-state index in [-0.39, 0.29) is 0 Å². The van der Waals surface area contributed by atoms with E-state index in [9.17, 15) is 0 Å². The van der Waals surface area contributed by atoms with Crippen molar-refractivity contribution in [1.82, 2.24) is 0 Å². The zero-order valence-electron chi connectivity index (χ0n) is 11.5. The summed E-state index contributed by atoms with van der Waals surface area (Å²) in [7, 11) is -2.87. The minimum Gasteiger partial charge on any atom is -0.134 e. The zero-order valence-corrected chi connectivity index (χ0v) is 12.4. The average Bonchev–Trinajstić information content (AvgIpc) is 2.26. The molecule has 104 valence electrons. The molecule has 0 aromatic heterocycles. The van der Waals surface area contributed by atoms with Gasteiger partial charge < -0.3 is 0 Å². The second kappa shape index (κ2) is 18.4. The van der Waals surface area contributed by atoms with Crippen molar-refractivity contribution in [3.8, 4) is 0 Å². The average molecular weight is 265 g/mol. The summed E-state index contributed by atoms with van der Waals surface area (Å²) in [5, 5.41) is 0. The van der Waals surface area contributed by atoms with Crippen LogP contribution in [-0.4, -0.2) is 9.79 Å². The van der Waals surface area contributed by atoms with Crippen LogP contribution in [0.25, 0.3) is 0 Å². The summed E-state index contributed by atoms with van der Waals surface area (Å²) in [6.07, 6.45) is 15.9. The summed E-state index contributed by atoms with van der Waals surface area (Å²) in [6, 6.07) is 0. The van der Waals surface area contributed by atoms with Gasteiger partial charge in [0.1, 0.15) is 0 Å². The molecule has 2 N–H and O–H groups in total. The lowest BCUT2D eigenvalue weighted by atomic mass is 10.1. The highest BCUT2D eigenvalue weighted by atomic mass is 31.1. The first-order valence-corrected chi connectivity index (χ1v) is 8.16. The van der Waals surface area contributed by atoms with Crippen molar-refractivity contribution < 1.29 is 14.4 Å². The van der Waals surface area contributed by atoms with Crippen LogP contribution in [0.4, 0.5) is 0 Å². The summed E-state index contributed by atoms with van der Waals surface area (Å²) >= 11 is 0. The molecule has 0 aromatic rings. The second-order valence-corrected chi connectivity index (χ2v) is 4.94. The van der Waals surface area contributed by atoms with E-state index in [2.05, 4.69) is 13.8 Å². The predicted molar refractivity (Wildman–Crippen MR) is 74.2 cm³/mol. The molecule has 0 spiro atoms. The SMILES string of the molecule is CCCCCCCCCCCCC.O=[P+](O)O. The predicted octanol–water partition coefficient (Wildman–Crippen LogP) is 4.95. The molecular weight excluding hydrogens is 235 g/mol. The van der Waals surface area contributed by atoms with Gasteiger partial charge in [-0.1, -0.05) is 84.5 Å². The lowest BCUT2D eigenvalue weighted by molar-refractivity contribution is 0.405. The molecule has 0 rings (SSSR count). The molecule has 0 aromatic carbocycles. The third-order valence-corrected chi connectivity index (χ3v) is 2.71. The van der Waals surface area contributed by atoms with Gasteiger partial charge in [0, 0.05) is 4.57 Å². The molecule has 0 amide bonds. The standard InChI is InChI=1S/C13H28.HO3P/c1-3-5-7-9-11-13-12-10-8-6-4-2;1-4(2)3/h3-13H2,1-2H3;(H-,1,2,3)/p+1. The maximum atomic E-state index is 8.70. The van der Waals surface area contributed by atoms with Crippen LogP contribution in [0.1, 0.15) is 84.5 Å². The van der Waals surface area contributed by atoms with Crippen LogP contribution in [0.2, 0.25) is 0 Å². The van der Waals surface area contributed by atoms with Gasteiger partial charge in [-0.15, -0.1) is 9.79 Å². The van der Waals surface area contributed by atoms with Gasteiger partial charge in [0.15, 0.2) is 0 Å². The molecule has 0 aliphatic rings. The monoisotopic (exact) mass is 265 g/mol. The topological polar surface area (TPSA) is 57.5 Å². The van der Waals surface area contributed by atoms with Crippen molar-refractivity contribution in [2.24, 2.45) is 0 Å². The molecule has 0 heterocycles. The smallest absolute Gasteiger partial charge is 0.134 e. The summed E-state index contributed by atoms with van der Waals surface area (Å²) in [6.45, 7) is 4.56. The summed E-state index contributed by atoms with van der Waals surface area (Å²) in [5.41, 5.74) is 0. The third kappa shape index (κ3) is 31.4. The van der Waals surface area contributed by atoms with Crippen LogP contribution < -0.4 is 0 Å². The lowest BCUT2D eigenvalue weighted by Crippen LogP contribution is -1.80. The van der Waals surface area contributed by atoms with Gasteiger partial charge in [-0.3, -0.25) is 0 Å². The Morgan fingerprint density at radius 3 is 1.00 bits per heavy atom. The van der Waals surface area contributed by atoms with E-state index in [1.165, 1.54) is 70.6 Å². The van der Waals surface area contributed by atoms with Crippen molar-refractivity contribution in [3.63, 3.8) is 0 Å². The molecule has 0 aliphatic heterocycles. The molecule has 0 fully saturated rings. The summed E-state index contributed by atoms with van der Waals surface area (Å²) < 4.78 is 8.70. The van der Waals surface area contributed by atoms with Crippen molar-refractivity contribution in [3.05, 3.63) is 0 Å². The van der Waals surface area contributed by atoms with Crippen LogP contribution in [0, 0.1) is 0 Å². The van der Waals surface area contributed by atoms with E-state index in [1.807, 2.05) is 0 Å². The zero-order chi connectivity index (χ0) is 13.4. The Kier molecular flexibility index (Phi) is 20.9. The Labute approximate surface area is 108 Å². The van der Waals surface area contributed by atoms with E-state index >= 15 is 0 Å². The lowest BCUT2D eigenvalue weighted by Gasteiger charge is -2.00. The molecule has 4 heteroatoms. The number of rotatable bonds is 10. The molecular formula is C13H30O3P+. The summed E-state index contributed by atoms with van der Waals surface area (Å²) in [5.74, 6) is 0. The number of unbranched alkanes of at least 4 members (excludes halogenated alkanes) is 10. The molecule has 0 bridgehead atoms. The largest absolute Gasteiger partial charge is 0.692 e. The van der Waals surface area contributed by atoms with Crippen molar-refractivity contribution in [2.75, 3.05) is 0 Å². The molecule has 0 unspecified atom stereocenters. The Morgan fingerprint density at radius 2 is 0.824 bits per heavy atom. The van der Waals surface area contributed by atoms with Crippen molar-refractivity contribution in [1.29, 1.82) is 0 Å². The van der Waals surface area contributed by atoms with Gasteiger partial charge in [-0.25, -0.2) is 0 Å². The maximum Gasteiger partial charge on any atom is 0.692 e. The molecule has 0 saturated heterocycles. The van der Waals surface area contributed by atoms with Gasteiger partial charge >= 0.3 is 8.25 Å². The van der Waals surface area contributed by atoms with Crippen molar-refractivity contribution in [2.45, 2.75) is 84.5 Å². The highest BCUT2D eigenvalue weighted by Crippen LogP contribution is 2.10. The quantitative estimate of drug-likeness (QED) is 0.434. The van der Waals surface area contributed by atoms with Gasteiger partial charge in [-0.2, -0.15) is 0 Å². The van der Waals surface area contributed by atoms with Crippen LogP contribution in [0.3, 0.4) is 0 Å². The van der Waals surface area contributed by atoms with E-state index in [1.54, 1.807) is 0 Å². The third-order valence-electron chi connectivity index (χ3n) is 2.71. The highest BCUT2D eigenvalue weighted by Gasteiger charge is 1.93. The molecule has 17 heavy (non-hydrogen) atoms. The highest BCUT2D eigenvalue weighted by molar-refractivity contribution is 7.30. The second-order valence-electron chi connectivity index (χ2n) is 4.43. The molecule has 0 radical (unpaired) electrons. The van der Waals surface area contributed by atoms with Crippen LogP contribution in [-0.2, 0) is 4.57 Å². The van der Waals surface area contributed by atoms with Crippen LogP contribution >= 0.6 is 8.25 Å². The van der Waals surface area contributed by atoms with Gasteiger partial charge in [-0.05, 0) is 0 Å². The van der Waals surface area contributed by atoms with Crippen LogP contribution in [0.15, 0.2) is 0 Å². The molecule has 0 aliphatic carbocycles. The van der Waals surface area contributed by atoms with E-state index in [0.29, 0.717) is 0 Å². The van der Waals surface area contributed by atoms with E-state index in [0.717, 1.165) is 0 Å². The van der Waals surface area contributed by atoms with E-state index < -0.39 is 8.25 Å². The number of hydrogen-bond acceptors (Lipinski definition) is 1. The Morgan fingerprint density at radius 1 is 0.647 bits per heavy atom. The number of hydrogen-bond donors (Lipinski definition) is 2. The Bertz CT molecular complexity index is 138. The molecule has 0 saturated carbocycles. The normalized spacial score (nSPS) is 9.65. The molecule has 0 atom stereocenters. The first-order valence-electron chi connectivity index (χ1n) is 7.00. The fraction of sp³-hybridized carbons (Fsp3) is 1.00. The fourth-order valence-electron chi connectivity index (χ4n) is 1.74. The minimum absolute atomic E-state index is 1.37. The van der Waals surface area contributed by atoms with E-state index in [4.69, 9.17) is 14.4 Å². The molecule has 3 nitrogen and oxygen atoms in total. The van der Waals surface area contributed by atoms with Crippen LogP contribution in [0.5, 0.6) is 0 Å². The fourth-order valence-corrected chi connectivity index (χ4v) is 1.74.